The van der Waals surface area contributed by atoms with Crippen LogP contribution in [0.15, 0.2) is 205 Å². The summed E-state index contributed by atoms with van der Waals surface area (Å²) in [7, 11) is 0. The lowest BCUT2D eigenvalue weighted by atomic mass is 9.74. The Morgan fingerprint density at radius 2 is 0.947 bits per heavy atom. The Balaban J connectivity index is 1.10. The van der Waals surface area contributed by atoms with Crippen molar-refractivity contribution in [3.63, 3.8) is 0 Å². The summed E-state index contributed by atoms with van der Waals surface area (Å²) >= 11 is 0. The van der Waals surface area contributed by atoms with E-state index in [0.29, 0.717) is 5.82 Å². The monoisotopic (exact) mass is 728 g/mol. The Hall–Kier alpha value is -7.36. The number of fused-ring (bicyclic) bond motifs is 6. The van der Waals surface area contributed by atoms with Gasteiger partial charge in [-0.25, -0.2) is 9.97 Å². The molecule has 3 heteroatoms. The van der Waals surface area contributed by atoms with E-state index in [0.717, 1.165) is 72.3 Å². The molecule has 0 saturated heterocycles. The summed E-state index contributed by atoms with van der Waals surface area (Å²) in [6, 6.07) is 70.9. The van der Waals surface area contributed by atoms with Crippen molar-refractivity contribution >= 4 is 21.9 Å². The van der Waals surface area contributed by atoms with Crippen LogP contribution in [0, 0.1) is 0 Å². The first-order chi connectivity index (χ1) is 28.1. The van der Waals surface area contributed by atoms with Crippen LogP contribution in [0.5, 0.6) is 0 Å². The smallest absolute Gasteiger partial charge is 0.160 e. The van der Waals surface area contributed by atoms with Gasteiger partial charge in [-0.15, -0.1) is 0 Å². The van der Waals surface area contributed by atoms with Gasteiger partial charge < -0.3 is 4.42 Å². The first-order valence-corrected chi connectivity index (χ1v) is 19.5. The average molecular weight is 729 g/mol. The van der Waals surface area contributed by atoms with Crippen LogP contribution in [-0.4, -0.2) is 9.97 Å². The molecule has 0 amide bonds. The lowest BCUT2D eigenvalue weighted by Gasteiger charge is -2.28. The molecule has 2 aromatic heterocycles. The molecule has 8 aromatic carbocycles. The van der Waals surface area contributed by atoms with Crippen LogP contribution < -0.4 is 0 Å². The number of hydrogen-bond acceptors (Lipinski definition) is 3. The van der Waals surface area contributed by atoms with Gasteiger partial charge in [0, 0.05) is 38.4 Å². The summed E-state index contributed by atoms with van der Waals surface area (Å²) in [5.74, 6) is 0.688. The van der Waals surface area contributed by atoms with Gasteiger partial charge >= 0.3 is 0 Å². The van der Waals surface area contributed by atoms with Crippen molar-refractivity contribution in [1.29, 1.82) is 0 Å². The molecular formula is C54H36N2O. The molecule has 268 valence electrons. The van der Waals surface area contributed by atoms with Crippen LogP contribution in [0.2, 0.25) is 0 Å². The number of aromatic nitrogens is 2. The van der Waals surface area contributed by atoms with E-state index in [-0.39, 0.29) is 5.41 Å². The molecule has 1 aliphatic rings. The summed E-state index contributed by atoms with van der Waals surface area (Å²) < 4.78 is 6.55. The van der Waals surface area contributed by atoms with Crippen molar-refractivity contribution in [2.45, 2.75) is 12.3 Å². The Morgan fingerprint density at radius 1 is 0.386 bits per heavy atom. The van der Waals surface area contributed by atoms with E-state index in [1.807, 2.05) is 30.3 Å². The first-order valence-electron chi connectivity index (χ1n) is 19.5. The largest absolute Gasteiger partial charge is 0.455 e. The molecule has 1 unspecified atom stereocenters. The summed E-state index contributed by atoms with van der Waals surface area (Å²) in [6.07, 6.45) is 0. The van der Waals surface area contributed by atoms with Gasteiger partial charge in [0.05, 0.1) is 11.4 Å². The highest BCUT2D eigenvalue weighted by atomic mass is 16.3. The van der Waals surface area contributed by atoms with E-state index in [2.05, 4.69) is 177 Å². The van der Waals surface area contributed by atoms with Crippen molar-refractivity contribution in [3.05, 3.63) is 217 Å². The minimum absolute atomic E-state index is 0.319. The molecule has 0 fully saturated rings. The van der Waals surface area contributed by atoms with E-state index in [1.54, 1.807) is 0 Å². The van der Waals surface area contributed by atoms with E-state index >= 15 is 0 Å². The average Bonchev–Trinajstić information content (AvgIpc) is 3.80. The number of furan rings is 1. The number of para-hydroxylation sites is 2. The second-order valence-corrected chi connectivity index (χ2v) is 15.0. The van der Waals surface area contributed by atoms with Crippen LogP contribution in [0.3, 0.4) is 0 Å². The van der Waals surface area contributed by atoms with Gasteiger partial charge in [0.15, 0.2) is 5.82 Å². The molecule has 1 atom stereocenters. The summed E-state index contributed by atoms with van der Waals surface area (Å²) in [5, 5.41) is 2.23. The molecule has 0 spiro atoms. The molecule has 0 bridgehead atoms. The summed E-state index contributed by atoms with van der Waals surface area (Å²) in [6.45, 7) is 2.36. The van der Waals surface area contributed by atoms with Crippen molar-refractivity contribution < 1.29 is 4.42 Å². The fourth-order valence-electron chi connectivity index (χ4n) is 9.04. The normalized spacial score (nSPS) is 14.5. The molecule has 2 heterocycles. The van der Waals surface area contributed by atoms with Gasteiger partial charge in [0.1, 0.15) is 11.2 Å². The summed E-state index contributed by atoms with van der Waals surface area (Å²) in [5.41, 5.74) is 17.0. The number of nitrogens with zero attached hydrogens (tertiary/aromatic N) is 2. The molecule has 0 aliphatic heterocycles. The second kappa shape index (κ2) is 13.1. The zero-order valence-corrected chi connectivity index (χ0v) is 31.4. The maximum absolute atomic E-state index is 6.55. The Morgan fingerprint density at radius 3 is 1.74 bits per heavy atom. The van der Waals surface area contributed by atoms with Crippen molar-refractivity contribution in [1.82, 2.24) is 9.97 Å². The molecule has 0 N–H and O–H groups in total. The van der Waals surface area contributed by atoms with E-state index in [9.17, 15) is 0 Å². The van der Waals surface area contributed by atoms with Crippen LogP contribution in [-0.2, 0) is 5.41 Å². The number of rotatable bonds is 6. The highest BCUT2D eigenvalue weighted by Gasteiger charge is 2.40. The number of benzene rings is 8. The second-order valence-electron chi connectivity index (χ2n) is 15.0. The van der Waals surface area contributed by atoms with Gasteiger partial charge in [0.25, 0.3) is 0 Å². The van der Waals surface area contributed by atoms with Crippen LogP contribution >= 0.6 is 0 Å². The lowest BCUT2D eigenvalue weighted by molar-refractivity contribution is 0.670. The van der Waals surface area contributed by atoms with E-state index < -0.39 is 0 Å². The van der Waals surface area contributed by atoms with Crippen molar-refractivity contribution in [2.24, 2.45) is 0 Å². The predicted molar refractivity (Wildman–Crippen MR) is 234 cm³/mol. The molecule has 11 rings (SSSR count). The first kappa shape index (κ1) is 33.0. The molecule has 3 nitrogen and oxygen atoms in total. The predicted octanol–water partition coefficient (Wildman–Crippen LogP) is 14.0. The van der Waals surface area contributed by atoms with Crippen LogP contribution in [0.4, 0.5) is 0 Å². The third-order valence-electron chi connectivity index (χ3n) is 11.8. The number of hydrogen-bond donors (Lipinski definition) is 0. The van der Waals surface area contributed by atoms with Gasteiger partial charge in [-0.05, 0) is 69.6 Å². The maximum Gasteiger partial charge on any atom is 0.160 e. The van der Waals surface area contributed by atoms with Crippen molar-refractivity contribution in [3.8, 4) is 67.3 Å². The summed E-state index contributed by atoms with van der Waals surface area (Å²) in [4.78, 5) is 10.6. The zero-order valence-electron chi connectivity index (χ0n) is 31.4. The van der Waals surface area contributed by atoms with Gasteiger partial charge in [-0.3, -0.25) is 0 Å². The van der Waals surface area contributed by atoms with Crippen LogP contribution in [0.1, 0.15) is 23.6 Å². The molecule has 1 aliphatic carbocycles. The molecule has 57 heavy (non-hydrogen) atoms. The molecular weight excluding hydrogens is 693 g/mol. The van der Waals surface area contributed by atoms with Gasteiger partial charge in [0.2, 0.25) is 0 Å². The highest BCUT2D eigenvalue weighted by molar-refractivity contribution is 6.11. The standard InChI is InChI=1S/C54H36N2O/c1-54(37-19-6-3-7-20-37)47-29-14-12-24-41(47)42-32-31-36(33-48(42)54)49-34-50(56-53(55-49)35-17-4-2-5-18-35)43-25-11-10-22-39(43)38-21-8-9-23-40(38)45-27-16-28-46-44-26-13-15-30-51(44)57-52(45)46/h2-34H,1H3. The third-order valence-corrected chi connectivity index (χ3v) is 11.8. The highest BCUT2D eigenvalue weighted by Crippen LogP contribution is 2.53. The van der Waals surface area contributed by atoms with Crippen LogP contribution in [0.25, 0.3) is 89.2 Å². The molecule has 10 aromatic rings. The van der Waals surface area contributed by atoms with Gasteiger partial charge in [-0.2, -0.15) is 0 Å². The Labute approximate surface area is 331 Å². The SMILES string of the molecule is CC1(c2ccccc2)c2ccccc2-c2ccc(-c3cc(-c4ccccc4-c4ccccc4-c4cccc5c4oc4ccccc45)nc(-c4ccccc4)n3)cc21. The van der Waals surface area contributed by atoms with Crippen molar-refractivity contribution in [2.75, 3.05) is 0 Å². The minimum atomic E-state index is -0.319. The van der Waals surface area contributed by atoms with E-state index in [1.165, 1.54) is 27.8 Å². The quantitative estimate of drug-likeness (QED) is 0.171. The minimum Gasteiger partial charge on any atom is -0.455 e. The Bertz CT molecular complexity index is 3140. The lowest BCUT2D eigenvalue weighted by Crippen LogP contribution is -2.22. The molecule has 0 saturated carbocycles. The maximum atomic E-state index is 6.55. The van der Waals surface area contributed by atoms with Gasteiger partial charge in [-0.1, -0.05) is 182 Å². The topological polar surface area (TPSA) is 38.9 Å². The zero-order chi connectivity index (χ0) is 37.9. The third kappa shape index (κ3) is 5.27. The Kier molecular flexibility index (Phi) is 7.61. The van der Waals surface area contributed by atoms with E-state index in [4.69, 9.17) is 14.4 Å². The molecule has 0 radical (unpaired) electrons. The fourth-order valence-corrected chi connectivity index (χ4v) is 9.04. The fraction of sp³-hybridized carbons (Fsp3) is 0.0370.